The van der Waals surface area contributed by atoms with Gasteiger partial charge in [-0.05, 0) is 30.3 Å². The van der Waals surface area contributed by atoms with E-state index in [0.29, 0.717) is 24.3 Å². The van der Waals surface area contributed by atoms with Crippen LogP contribution in [0.25, 0.3) is 0 Å². The highest BCUT2D eigenvalue weighted by Gasteiger charge is 2.22. The first-order valence-electron chi connectivity index (χ1n) is 7.78. The lowest BCUT2D eigenvalue weighted by Gasteiger charge is -2.26. The summed E-state index contributed by atoms with van der Waals surface area (Å²) in [5.41, 5.74) is 7.60. The lowest BCUT2D eigenvalue weighted by molar-refractivity contribution is -0.121. The molecule has 0 radical (unpaired) electrons. The number of para-hydroxylation sites is 1. The standard InChI is InChI=1S/C18H19N3O3/c19-13-7-5-12(6-8-13)18(23)20-11-17(22)21-15-9-10-24-16-4-2-1-3-14(15)16/h1-8,15H,9-11,19H2,(H,20,23)(H,21,22)/t15-/m0/s1. The van der Waals surface area contributed by atoms with E-state index in [1.165, 1.54) is 0 Å². The van der Waals surface area contributed by atoms with Crippen LogP contribution < -0.4 is 21.1 Å². The fourth-order valence-electron chi connectivity index (χ4n) is 2.63. The molecule has 0 aromatic heterocycles. The second-order valence-electron chi connectivity index (χ2n) is 5.60. The van der Waals surface area contributed by atoms with E-state index in [2.05, 4.69) is 10.6 Å². The van der Waals surface area contributed by atoms with E-state index >= 15 is 0 Å². The number of anilines is 1. The van der Waals surface area contributed by atoms with Gasteiger partial charge < -0.3 is 21.1 Å². The molecule has 0 fully saturated rings. The molecular weight excluding hydrogens is 306 g/mol. The summed E-state index contributed by atoms with van der Waals surface area (Å²) in [6, 6.07) is 14.1. The van der Waals surface area contributed by atoms with Crippen molar-refractivity contribution in [3.8, 4) is 5.75 Å². The number of hydrogen-bond donors (Lipinski definition) is 3. The third-order valence-electron chi connectivity index (χ3n) is 3.88. The fraction of sp³-hybridized carbons (Fsp3) is 0.222. The second kappa shape index (κ2) is 7.04. The van der Waals surface area contributed by atoms with E-state index < -0.39 is 0 Å². The van der Waals surface area contributed by atoms with Crippen LogP contribution in [0.15, 0.2) is 48.5 Å². The summed E-state index contributed by atoms with van der Waals surface area (Å²) in [4.78, 5) is 24.1. The smallest absolute Gasteiger partial charge is 0.251 e. The van der Waals surface area contributed by atoms with Crippen molar-refractivity contribution in [1.82, 2.24) is 10.6 Å². The summed E-state index contributed by atoms with van der Waals surface area (Å²) in [7, 11) is 0. The fourth-order valence-corrected chi connectivity index (χ4v) is 2.63. The van der Waals surface area contributed by atoms with E-state index in [1.54, 1.807) is 24.3 Å². The second-order valence-corrected chi connectivity index (χ2v) is 5.60. The quantitative estimate of drug-likeness (QED) is 0.745. The number of amides is 2. The molecule has 6 heteroatoms. The molecule has 0 saturated heterocycles. The van der Waals surface area contributed by atoms with Gasteiger partial charge in [-0.1, -0.05) is 18.2 Å². The molecule has 2 amide bonds. The van der Waals surface area contributed by atoms with Crippen molar-refractivity contribution in [2.45, 2.75) is 12.5 Å². The zero-order valence-corrected chi connectivity index (χ0v) is 13.1. The lowest BCUT2D eigenvalue weighted by Crippen LogP contribution is -2.39. The van der Waals surface area contributed by atoms with E-state index in [4.69, 9.17) is 10.5 Å². The Morgan fingerprint density at radius 2 is 1.88 bits per heavy atom. The Bertz CT molecular complexity index is 743. The topological polar surface area (TPSA) is 93.5 Å². The highest BCUT2D eigenvalue weighted by atomic mass is 16.5. The summed E-state index contributed by atoms with van der Waals surface area (Å²) in [5.74, 6) is 0.248. The Labute approximate surface area is 140 Å². The van der Waals surface area contributed by atoms with E-state index in [9.17, 15) is 9.59 Å². The first-order valence-corrected chi connectivity index (χ1v) is 7.78. The van der Waals surface area contributed by atoms with Gasteiger partial charge in [-0.25, -0.2) is 0 Å². The van der Waals surface area contributed by atoms with Crippen molar-refractivity contribution >= 4 is 17.5 Å². The third-order valence-corrected chi connectivity index (χ3v) is 3.88. The molecular formula is C18H19N3O3. The zero-order valence-electron chi connectivity index (χ0n) is 13.1. The normalized spacial score (nSPS) is 15.8. The van der Waals surface area contributed by atoms with Gasteiger partial charge in [0.15, 0.2) is 0 Å². The molecule has 2 aromatic rings. The number of fused-ring (bicyclic) bond motifs is 1. The van der Waals surface area contributed by atoms with Crippen LogP contribution in [0, 0.1) is 0 Å². The van der Waals surface area contributed by atoms with Gasteiger partial charge in [0.2, 0.25) is 5.91 Å². The predicted molar refractivity (Wildman–Crippen MR) is 90.6 cm³/mol. The molecule has 1 heterocycles. The molecule has 0 bridgehead atoms. The first kappa shape index (κ1) is 15.9. The number of benzene rings is 2. The average molecular weight is 325 g/mol. The lowest BCUT2D eigenvalue weighted by atomic mass is 10.0. The number of nitrogens with two attached hydrogens (primary N) is 1. The molecule has 1 aliphatic rings. The van der Waals surface area contributed by atoms with Crippen LogP contribution in [0.2, 0.25) is 0 Å². The van der Waals surface area contributed by atoms with Crippen molar-refractivity contribution < 1.29 is 14.3 Å². The molecule has 4 N–H and O–H groups in total. The van der Waals surface area contributed by atoms with Gasteiger partial charge in [0.1, 0.15) is 5.75 Å². The highest BCUT2D eigenvalue weighted by molar-refractivity contribution is 5.96. The highest BCUT2D eigenvalue weighted by Crippen LogP contribution is 2.31. The van der Waals surface area contributed by atoms with Crippen LogP contribution in [0.4, 0.5) is 5.69 Å². The number of ether oxygens (including phenoxy) is 1. The predicted octanol–water partition coefficient (Wildman–Crippen LogP) is 1.64. The zero-order chi connectivity index (χ0) is 16.9. The first-order chi connectivity index (χ1) is 11.6. The van der Waals surface area contributed by atoms with Gasteiger partial charge in [-0.3, -0.25) is 9.59 Å². The van der Waals surface area contributed by atoms with E-state index in [-0.39, 0.29) is 24.4 Å². The number of nitrogen functional groups attached to an aromatic ring is 1. The Morgan fingerprint density at radius 1 is 1.12 bits per heavy atom. The summed E-state index contributed by atoms with van der Waals surface area (Å²) in [5, 5.41) is 5.55. The Balaban J connectivity index is 1.55. The summed E-state index contributed by atoms with van der Waals surface area (Å²) >= 11 is 0. The Hall–Kier alpha value is -3.02. The van der Waals surface area contributed by atoms with Crippen LogP contribution in [0.3, 0.4) is 0 Å². The molecule has 0 spiro atoms. The number of carbonyl (C=O) groups excluding carboxylic acids is 2. The largest absolute Gasteiger partial charge is 0.493 e. The third kappa shape index (κ3) is 3.65. The van der Waals surface area contributed by atoms with E-state index in [0.717, 1.165) is 11.3 Å². The van der Waals surface area contributed by atoms with Crippen LogP contribution in [0.1, 0.15) is 28.4 Å². The maximum atomic E-state index is 12.1. The van der Waals surface area contributed by atoms with Crippen molar-refractivity contribution in [3.63, 3.8) is 0 Å². The molecule has 0 unspecified atom stereocenters. The molecule has 0 aliphatic carbocycles. The number of hydrogen-bond acceptors (Lipinski definition) is 4. The van der Waals surface area contributed by atoms with Gasteiger partial charge >= 0.3 is 0 Å². The van der Waals surface area contributed by atoms with Gasteiger partial charge in [0.25, 0.3) is 5.91 Å². The Morgan fingerprint density at radius 3 is 2.67 bits per heavy atom. The SMILES string of the molecule is Nc1ccc(C(=O)NCC(=O)N[C@H]2CCOc3ccccc32)cc1. The maximum absolute atomic E-state index is 12.1. The van der Waals surface area contributed by atoms with Gasteiger partial charge in [0.05, 0.1) is 19.2 Å². The summed E-state index contributed by atoms with van der Waals surface area (Å²) in [6.07, 6.45) is 0.703. The minimum absolute atomic E-state index is 0.0806. The molecule has 0 saturated carbocycles. The summed E-state index contributed by atoms with van der Waals surface area (Å²) < 4.78 is 5.57. The van der Waals surface area contributed by atoms with Crippen LogP contribution in [-0.4, -0.2) is 25.0 Å². The van der Waals surface area contributed by atoms with Crippen molar-refractivity contribution in [3.05, 3.63) is 59.7 Å². The molecule has 124 valence electrons. The molecule has 6 nitrogen and oxygen atoms in total. The minimum Gasteiger partial charge on any atom is -0.493 e. The Kier molecular flexibility index (Phi) is 4.65. The monoisotopic (exact) mass is 325 g/mol. The molecule has 3 rings (SSSR count). The minimum atomic E-state index is -0.308. The van der Waals surface area contributed by atoms with Crippen molar-refractivity contribution in [1.29, 1.82) is 0 Å². The maximum Gasteiger partial charge on any atom is 0.251 e. The molecule has 1 atom stereocenters. The molecule has 24 heavy (non-hydrogen) atoms. The number of rotatable bonds is 4. The molecule has 1 aliphatic heterocycles. The average Bonchev–Trinajstić information content (AvgIpc) is 2.61. The van der Waals surface area contributed by atoms with Crippen molar-refractivity contribution in [2.75, 3.05) is 18.9 Å². The van der Waals surface area contributed by atoms with Crippen LogP contribution >= 0.6 is 0 Å². The number of carbonyl (C=O) groups is 2. The molecule has 2 aromatic carbocycles. The van der Waals surface area contributed by atoms with E-state index in [1.807, 2.05) is 24.3 Å². The van der Waals surface area contributed by atoms with Crippen molar-refractivity contribution in [2.24, 2.45) is 0 Å². The van der Waals surface area contributed by atoms with Crippen LogP contribution in [0.5, 0.6) is 5.75 Å². The summed E-state index contributed by atoms with van der Waals surface area (Å²) in [6.45, 7) is 0.475. The van der Waals surface area contributed by atoms with Gasteiger partial charge in [-0.2, -0.15) is 0 Å². The van der Waals surface area contributed by atoms with Gasteiger partial charge in [0, 0.05) is 23.2 Å². The number of nitrogens with one attached hydrogen (secondary N) is 2. The van der Waals surface area contributed by atoms with Gasteiger partial charge in [-0.15, -0.1) is 0 Å². The van der Waals surface area contributed by atoms with Crippen LogP contribution in [-0.2, 0) is 4.79 Å².